The lowest BCUT2D eigenvalue weighted by Crippen LogP contribution is -2.39. The number of nitrogens with zero attached hydrogens (tertiary/aromatic N) is 4. The lowest BCUT2D eigenvalue weighted by atomic mass is 10.00. The molecule has 1 unspecified atom stereocenters. The zero-order chi connectivity index (χ0) is 34.6. The molecule has 10 nitrogen and oxygen atoms in total. The maximum atomic E-state index is 11.4. The molecule has 3 aromatic carbocycles. The first-order chi connectivity index (χ1) is 23.9. The summed E-state index contributed by atoms with van der Waals surface area (Å²) < 4.78 is 15.3. The van der Waals surface area contributed by atoms with Gasteiger partial charge in [0.1, 0.15) is 24.1 Å². The van der Waals surface area contributed by atoms with E-state index in [0.29, 0.717) is 48.0 Å². The van der Waals surface area contributed by atoms with Crippen LogP contribution in [0.5, 0.6) is 11.5 Å². The van der Waals surface area contributed by atoms with Gasteiger partial charge in [0.25, 0.3) is 0 Å². The minimum Gasteiger partial charge on any atom is -0.493 e. The van der Waals surface area contributed by atoms with Gasteiger partial charge in [-0.2, -0.15) is 10.4 Å². The fourth-order valence-electron chi connectivity index (χ4n) is 6.08. The van der Waals surface area contributed by atoms with Crippen LogP contribution in [0.4, 0.5) is 0 Å². The first kappa shape index (κ1) is 36.6. The maximum absolute atomic E-state index is 11.4. The molecule has 0 radical (unpaired) electrons. The molecule has 1 saturated heterocycles. The summed E-state index contributed by atoms with van der Waals surface area (Å²) in [5.74, 6) is -0.257. The van der Waals surface area contributed by atoms with Crippen LogP contribution in [0.25, 0.3) is 22.0 Å². The van der Waals surface area contributed by atoms with E-state index in [1.807, 2.05) is 18.3 Å². The molecule has 0 amide bonds. The molecule has 5 rings (SSSR count). The molecule has 1 fully saturated rings. The van der Waals surface area contributed by atoms with Gasteiger partial charge < -0.3 is 24.6 Å². The van der Waals surface area contributed by atoms with Crippen LogP contribution in [0.15, 0.2) is 59.2 Å². The lowest BCUT2D eigenvalue weighted by Gasteiger charge is -2.18. The molecule has 0 spiro atoms. The van der Waals surface area contributed by atoms with Crippen LogP contribution < -0.4 is 14.8 Å². The number of carboxylic acids is 1. The topological polar surface area (TPSA) is 133 Å². The predicted octanol–water partition coefficient (Wildman–Crippen LogP) is 7.18. The quantitative estimate of drug-likeness (QED) is 0.0853. The second kappa shape index (κ2) is 18.4. The number of aliphatic carboxylic acids is 1. The number of hydrogen-bond donors (Lipinski definition) is 3. The average Bonchev–Trinajstić information content (AvgIpc) is 3.78. The first-order valence-corrected chi connectivity index (χ1v) is 18.0. The molecule has 1 atom stereocenters. The van der Waals surface area contributed by atoms with Crippen molar-refractivity contribution in [1.29, 1.82) is 5.26 Å². The van der Waals surface area contributed by atoms with Crippen LogP contribution >= 0.6 is 27.5 Å². The minimum absolute atomic E-state index is 0.110. The first-order valence-electron chi connectivity index (χ1n) is 16.9. The predicted molar refractivity (Wildman–Crippen MR) is 194 cm³/mol. The van der Waals surface area contributed by atoms with Crippen LogP contribution in [0.2, 0.25) is 5.02 Å². The van der Waals surface area contributed by atoms with Crippen molar-refractivity contribution in [3.8, 4) is 28.7 Å². The van der Waals surface area contributed by atoms with Crippen LogP contribution in [-0.4, -0.2) is 69.8 Å². The molecule has 1 aliphatic heterocycles. The SMILES string of the molecule is N#CCCCCOc1cc(OCc2cccc(-c3cccc4c3cnn4CCCCN3CCCC3)c2Br)c(Cl)cc1CNC(CO)C(=O)O. The number of carboxylic acid groups (broad SMARTS) is 1. The molecule has 260 valence electrons. The number of nitrogens with one attached hydrogen (secondary N) is 1. The number of ether oxygens (including phenoxy) is 2. The summed E-state index contributed by atoms with van der Waals surface area (Å²) in [4.78, 5) is 14.0. The maximum Gasteiger partial charge on any atom is 0.323 e. The van der Waals surface area contributed by atoms with Gasteiger partial charge in [-0.1, -0.05) is 41.9 Å². The Kier molecular flexibility index (Phi) is 13.7. The van der Waals surface area contributed by atoms with Gasteiger partial charge in [-0.3, -0.25) is 14.8 Å². The number of aromatic nitrogens is 2. The molecule has 0 aliphatic carbocycles. The fourth-order valence-corrected chi connectivity index (χ4v) is 6.92. The minimum atomic E-state index is -1.16. The number of hydrogen-bond acceptors (Lipinski definition) is 8. The largest absolute Gasteiger partial charge is 0.493 e. The number of rotatable bonds is 19. The summed E-state index contributed by atoms with van der Waals surface area (Å²) in [5.41, 5.74) is 4.78. The van der Waals surface area contributed by atoms with E-state index in [9.17, 15) is 15.0 Å². The Morgan fingerprint density at radius 1 is 1.02 bits per heavy atom. The number of aliphatic hydroxyl groups is 1. The van der Waals surface area contributed by atoms with Gasteiger partial charge >= 0.3 is 5.97 Å². The third-order valence-corrected chi connectivity index (χ3v) is 10.0. The molecule has 1 aromatic heterocycles. The Morgan fingerprint density at radius 3 is 2.57 bits per heavy atom. The number of unbranched alkanes of at least 4 members (excludes halogenated alkanes) is 3. The number of aryl methyl sites for hydroxylation is 1. The molecule has 12 heteroatoms. The molecule has 0 saturated carbocycles. The highest BCUT2D eigenvalue weighted by Gasteiger charge is 2.19. The van der Waals surface area contributed by atoms with Gasteiger partial charge in [0, 0.05) is 46.6 Å². The number of carbonyl (C=O) groups is 1. The van der Waals surface area contributed by atoms with Crippen LogP contribution in [0.3, 0.4) is 0 Å². The Morgan fingerprint density at radius 2 is 1.80 bits per heavy atom. The molecule has 1 aliphatic rings. The number of likely N-dealkylation sites (tertiary alicyclic amines) is 1. The Bertz CT molecular complexity index is 1750. The number of aliphatic hydroxyl groups excluding tert-OH is 1. The van der Waals surface area contributed by atoms with Gasteiger partial charge in [0.15, 0.2) is 0 Å². The third kappa shape index (κ3) is 9.74. The summed E-state index contributed by atoms with van der Waals surface area (Å²) in [6, 6.07) is 16.8. The smallest absolute Gasteiger partial charge is 0.323 e. The van der Waals surface area contributed by atoms with Gasteiger partial charge in [-0.05, 0) is 97.3 Å². The normalized spacial score (nSPS) is 13.8. The van der Waals surface area contributed by atoms with Crippen molar-refractivity contribution in [1.82, 2.24) is 20.0 Å². The van der Waals surface area contributed by atoms with Crippen molar-refractivity contribution >= 4 is 44.4 Å². The third-order valence-electron chi connectivity index (χ3n) is 8.81. The Balaban J connectivity index is 1.30. The van der Waals surface area contributed by atoms with Gasteiger partial charge in [0.2, 0.25) is 0 Å². The van der Waals surface area contributed by atoms with E-state index in [1.165, 1.54) is 32.4 Å². The standard InChI is InChI=1S/C37H43BrClN5O5/c38-36-26(25-49-35-21-34(48-19-7-1-2-14-40)27(20-31(35)39)22-41-32(24-45)37(46)47)10-8-12-29(36)28-11-9-13-33-30(28)23-42-44(33)18-6-5-17-43-15-3-4-16-43/h8-13,20-21,23,32,41,45H,1-7,15-19,22,24-25H2,(H,46,47). The van der Waals surface area contributed by atoms with E-state index in [-0.39, 0.29) is 13.2 Å². The van der Waals surface area contributed by atoms with Crippen molar-refractivity contribution in [2.45, 2.75) is 70.7 Å². The fraction of sp³-hybridized carbons (Fsp3) is 0.432. The monoisotopic (exact) mass is 751 g/mol. The summed E-state index contributed by atoms with van der Waals surface area (Å²) in [7, 11) is 0. The van der Waals surface area contributed by atoms with E-state index in [4.69, 9.17) is 31.4 Å². The molecule has 4 aromatic rings. The average molecular weight is 753 g/mol. The summed E-state index contributed by atoms with van der Waals surface area (Å²) in [6.45, 7) is 4.66. The summed E-state index contributed by atoms with van der Waals surface area (Å²) in [6.07, 6.45) is 8.67. The molecular formula is C37H43BrClN5O5. The zero-order valence-electron chi connectivity index (χ0n) is 27.5. The van der Waals surface area contributed by atoms with E-state index < -0.39 is 18.6 Å². The lowest BCUT2D eigenvalue weighted by molar-refractivity contribution is -0.140. The van der Waals surface area contributed by atoms with Crippen LogP contribution in [0, 0.1) is 11.3 Å². The number of halogens is 2. The van der Waals surface area contributed by atoms with Crippen LogP contribution in [0.1, 0.15) is 56.1 Å². The molecule has 0 bridgehead atoms. The van der Waals surface area contributed by atoms with E-state index in [0.717, 1.165) is 51.6 Å². The highest BCUT2D eigenvalue weighted by Crippen LogP contribution is 2.38. The summed E-state index contributed by atoms with van der Waals surface area (Å²) in [5, 5.41) is 36.6. The second-order valence-corrected chi connectivity index (χ2v) is 13.4. The number of nitriles is 1. The van der Waals surface area contributed by atoms with Gasteiger partial charge in [-0.25, -0.2) is 0 Å². The van der Waals surface area contributed by atoms with Gasteiger partial charge in [-0.15, -0.1) is 0 Å². The molecular weight excluding hydrogens is 710 g/mol. The van der Waals surface area contributed by atoms with Crippen molar-refractivity contribution < 1.29 is 24.5 Å². The van der Waals surface area contributed by atoms with E-state index in [1.54, 1.807) is 12.1 Å². The Labute approximate surface area is 300 Å². The second-order valence-electron chi connectivity index (χ2n) is 12.2. The van der Waals surface area contributed by atoms with Crippen molar-refractivity contribution in [3.05, 3.63) is 75.4 Å². The van der Waals surface area contributed by atoms with Crippen molar-refractivity contribution in [3.63, 3.8) is 0 Å². The van der Waals surface area contributed by atoms with E-state index in [2.05, 4.69) is 61.2 Å². The van der Waals surface area contributed by atoms with Crippen molar-refractivity contribution in [2.24, 2.45) is 0 Å². The highest BCUT2D eigenvalue weighted by molar-refractivity contribution is 9.10. The van der Waals surface area contributed by atoms with E-state index >= 15 is 0 Å². The number of fused-ring (bicyclic) bond motifs is 1. The van der Waals surface area contributed by atoms with Crippen molar-refractivity contribution in [2.75, 3.05) is 32.8 Å². The summed E-state index contributed by atoms with van der Waals surface area (Å²) >= 11 is 10.5. The van der Waals surface area contributed by atoms with Gasteiger partial charge in [0.05, 0.1) is 36.0 Å². The molecule has 2 heterocycles. The highest BCUT2D eigenvalue weighted by atomic mass is 79.9. The molecule has 49 heavy (non-hydrogen) atoms. The molecule has 3 N–H and O–H groups in total. The van der Waals surface area contributed by atoms with Crippen LogP contribution in [-0.2, 0) is 24.5 Å². The number of benzene rings is 3. The zero-order valence-corrected chi connectivity index (χ0v) is 29.9. The Hall–Kier alpha value is -3.66.